The van der Waals surface area contributed by atoms with Gasteiger partial charge in [0, 0.05) is 17.4 Å². The Kier molecular flexibility index (Phi) is 3.74. The maximum atomic E-state index is 12.2. The molecule has 108 valence electrons. The minimum Gasteiger partial charge on any atom is -0.321 e. The maximum Gasteiger partial charge on any atom is 0.274 e. The lowest BCUT2D eigenvalue weighted by Crippen LogP contribution is -2.13. The lowest BCUT2D eigenvalue weighted by atomic mass is 10.2. The van der Waals surface area contributed by atoms with Crippen LogP contribution in [0.2, 0.25) is 0 Å². The van der Waals surface area contributed by atoms with Crippen LogP contribution in [0.25, 0.3) is 11.4 Å². The number of hydrogen-bond acceptors (Lipinski definition) is 4. The van der Waals surface area contributed by atoms with Crippen molar-refractivity contribution in [2.24, 2.45) is 0 Å². The number of pyridine rings is 1. The summed E-state index contributed by atoms with van der Waals surface area (Å²) >= 11 is 0. The highest BCUT2D eigenvalue weighted by Crippen LogP contribution is 2.15. The zero-order valence-corrected chi connectivity index (χ0v) is 11.5. The minimum absolute atomic E-state index is 0.298. The number of carbonyl (C=O) groups excluding carboxylic acids is 2. The molecule has 0 bridgehead atoms. The number of nitrogens with one attached hydrogen (secondary N) is 2. The molecule has 1 amide bonds. The van der Waals surface area contributed by atoms with Gasteiger partial charge in [-0.2, -0.15) is 5.10 Å². The second-order valence-corrected chi connectivity index (χ2v) is 4.57. The summed E-state index contributed by atoms with van der Waals surface area (Å²) in [6, 6.07) is 13.6. The van der Waals surface area contributed by atoms with Crippen molar-refractivity contribution in [2.45, 2.75) is 0 Å². The highest BCUT2D eigenvalue weighted by atomic mass is 16.1. The fourth-order valence-corrected chi connectivity index (χ4v) is 1.95. The van der Waals surface area contributed by atoms with Gasteiger partial charge in [0.25, 0.3) is 5.91 Å². The highest BCUT2D eigenvalue weighted by Gasteiger charge is 2.10. The standard InChI is InChI=1S/C16H12N4O2/c21-10-11-4-6-12(7-5-11)18-16(22)15-3-1-2-13(19-15)14-8-9-17-20-14/h1-10H,(H,17,20)(H,18,22). The fourth-order valence-electron chi connectivity index (χ4n) is 1.95. The van der Waals surface area contributed by atoms with Gasteiger partial charge in [-0.05, 0) is 42.5 Å². The molecular weight excluding hydrogens is 280 g/mol. The summed E-state index contributed by atoms with van der Waals surface area (Å²) in [5.41, 5.74) is 2.83. The molecule has 0 aliphatic heterocycles. The first-order valence-electron chi connectivity index (χ1n) is 6.59. The quantitative estimate of drug-likeness (QED) is 0.723. The van der Waals surface area contributed by atoms with Crippen LogP contribution in [-0.2, 0) is 0 Å². The van der Waals surface area contributed by atoms with E-state index in [-0.39, 0.29) is 5.91 Å². The van der Waals surface area contributed by atoms with E-state index >= 15 is 0 Å². The summed E-state index contributed by atoms with van der Waals surface area (Å²) in [6.45, 7) is 0. The Morgan fingerprint density at radius 1 is 1.09 bits per heavy atom. The van der Waals surface area contributed by atoms with Gasteiger partial charge in [-0.3, -0.25) is 14.7 Å². The number of H-pyrrole nitrogens is 1. The average molecular weight is 292 g/mol. The first-order chi connectivity index (χ1) is 10.8. The van der Waals surface area contributed by atoms with E-state index in [9.17, 15) is 9.59 Å². The smallest absolute Gasteiger partial charge is 0.274 e. The summed E-state index contributed by atoms with van der Waals surface area (Å²) in [6.07, 6.45) is 2.37. The second-order valence-electron chi connectivity index (χ2n) is 4.57. The molecule has 3 aromatic rings. The van der Waals surface area contributed by atoms with Crippen molar-refractivity contribution in [3.63, 3.8) is 0 Å². The van der Waals surface area contributed by atoms with Gasteiger partial charge in [-0.15, -0.1) is 0 Å². The molecule has 3 rings (SSSR count). The van der Waals surface area contributed by atoms with Crippen LogP contribution in [0.5, 0.6) is 0 Å². The van der Waals surface area contributed by atoms with E-state index in [1.165, 1.54) is 0 Å². The third kappa shape index (κ3) is 2.90. The molecule has 0 fully saturated rings. The molecule has 0 spiro atoms. The van der Waals surface area contributed by atoms with Crippen molar-refractivity contribution in [2.75, 3.05) is 5.32 Å². The summed E-state index contributed by atoms with van der Waals surface area (Å²) in [5, 5.41) is 9.41. The van der Waals surface area contributed by atoms with Gasteiger partial charge < -0.3 is 5.32 Å². The number of hydrogen-bond donors (Lipinski definition) is 2. The van der Waals surface area contributed by atoms with Gasteiger partial charge in [0.1, 0.15) is 12.0 Å². The molecule has 0 saturated heterocycles. The summed E-state index contributed by atoms with van der Waals surface area (Å²) < 4.78 is 0. The monoisotopic (exact) mass is 292 g/mol. The maximum absolute atomic E-state index is 12.2. The molecule has 2 N–H and O–H groups in total. The van der Waals surface area contributed by atoms with Crippen molar-refractivity contribution in [1.29, 1.82) is 0 Å². The Labute approximate surface area is 126 Å². The highest BCUT2D eigenvalue weighted by molar-refractivity contribution is 6.03. The van der Waals surface area contributed by atoms with E-state index < -0.39 is 0 Å². The van der Waals surface area contributed by atoms with E-state index in [2.05, 4.69) is 20.5 Å². The van der Waals surface area contributed by atoms with E-state index in [0.717, 1.165) is 12.0 Å². The Balaban J connectivity index is 1.79. The SMILES string of the molecule is O=Cc1ccc(NC(=O)c2cccc(-c3ccn[nH]3)n2)cc1. The first kappa shape index (κ1) is 13.7. The number of aromatic amines is 1. The van der Waals surface area contributed by atoms with Gasteiger partial charge in [0.15, 0.2) is 0 Å². The number of benzene rings is 1. The molecule has 0 radical (unpaired) electrons. The summed E-state index contributed by atoms with van der Waals surface area (Å²) in [5.74, 6) is -0.319. The van der Waals surface area contributed by atoms with Crippen molar-refractivity contribution in [3.05, 3.63) is 66.0 Å². The van der Waals surface area contributed by atoms with Crippen LogP contribution < -0.4 is 5.32 Å². The molecule has 1 aromatic carbocycles. The molecule has 0 aliphatic rings. The van der Waals surface area contributed by atoms with Crippen molar-refractivity contribution < 1.29 is 9.59 Å². The largest absolute Gasteiger partial charge is 0.321 e. The Hall–Kier alpha value is -3.28. The van der Waals surface area contributed by atoms with E-state index in [0.29, 0.717) is 22.6 Å². The lowest BCUT2D eigenvalue weighted by Gasteiger charge is -2.06. The minimum atomic E-state index is -0.319. The molecule has 6 heteroatoms. The molecule has 0 aliphatic carbocycles. The fraction of sp³-hybridized carbons (Fsp3) is 0. The predicted octanol–water partition coefficient (Wildman–Crippen LogP) is 2.54. The van der Waals surface area contributed by atoms with Gasteiger partial charge in [0.05, 0.1) is 11.4 Å². The molecule has 22 heavy (non-hydrogen) atoms. The zero-order chi connectivity index (χ0) is 15.4. The molecular formula is C16H12N4O2. The molecule has 0 unspecified atom stereocenters. The van der Waals surface area contributed by atoms with Gasteiger partial charge >= 0.3 is 0 Å². The van der Waals surface area contributed by atoms with Crippen LogP contribution in [0.4, 0.5) is 5.69 Å². The topological polar surface area (TPSA) is 87.7 Å². The third-order valence-electron chi connectivity index (χ3n) is 3.06. The van der Waals surface area contributed by atoms with Crippen LogP contribution in [0.3, 0.4) is 0 Å². The number of carbonyl (C=O) groups is 2. The predicted molar refractivity (Wildman–Crippen MR) is 81.6 cm³/mol. The van der Waals surface area contributed by atoms with E-state index in [1.54, 1.807) is 54.7 Å². The van der Waals surface area contributed by atoms with Gasteiger partial charge in [-0.1, -0.05) is 6.07 Å². The van der Waals surface area contributed by atoms with Crippen LogP contribution in [0.15, 0.2) is 54.7 Å². The Morgan fingerprint density at radius 3 is 2.59 bits per heavy atom. The number of amides is 1. The zero-order valence-electron chi connectivity index (χ0n) is 11.5. The van der Waals surface area contributed by atoms with Crippen LogP contribution in [-0.4, -0.2) is 27.4 Å². The number of anilines is 1. The first-order valence-corrected chi connectivity index (χ1v) is 6.59. The Morgan fingerprint density at radius 2 is 1.91 bits per heavy atom. The van der Waals surface area contributed by atoms with E-state index in [4.69, 9.17) is 0 Å². The normalized spacial score (nSPS) is 10.2. The number of aldehydes is 1. The Bertz CT molecular complexity index is 795. The number of aromatic nitrogens is 3. The van der Waals surface area contributed by atoms with Crippen molar-refractivity contribution in [1.82, 2.24) is 15.2 Å². The third-order valence-corrected chi connectivity index (χ3v) is 3.06. The summed E-state index contributed by atoms with van der Waals surface area (Å²) in [7, 11) is 0. The van der Waals surface area contributed by atoms with Crippen molar-refractivity contribution >= 4 is 17.9 Å². The molecule has 0 atom stereocenters. The van der Waals surface area contributed by atoms with Crippen molar-refractivity contribution in [3.8, 4) is 11.4 Å². The lowest BCUT2D eigenvalue weighted by molar-refractivity contribution is 0.102. The average Bonchev–Trinajstić information content (AvgIpc) is 3.10. The van der Waals surface area contributed by atoms with Crippen LogP contribution in [0.1, 0.15) is 20.8 Å². The van der Waals surface area contributed by atoms with E-state index in [1.807, 2.05) is 0 Å². The van der Waals surface area contributed by atoms with Gasteiger partial charge in [0.2, 0.25) is 0 Å². The summed E-state index contributed by atoms with van der Waals surface area (Å²) in [4.78, 5) is 27.1. The molecule has 0 saturated carbocycles. The van der Waals surface area contributed by atoms with Crippen LogP contribution >= 0.6 is 0 Å². The van der Waals surface area contributed by atoms with Crippen LogP contribution in [0, 0.1) is 0 Å². The molecule has 2 heterocycles. The molecule has 2 aromatic heterocycles. The van der Waals surface area contributed by atoms with Gasteiger partial charge in [-0.25, -0.2) is 4.98 Å². The number of rotatable bonds is 4. The number of nitrogens with zero attached hydrogens (tertiary/aromatic N) is 2. The molecule has 6 nitrogen and oxygen atoms in total. The second kappa shape index (κ2) is 6.01.